The number of rotatable bonds is 0. The van der Waals surface area contributed by atoms with E-state index < -0.39 is 0 Å². The third kappa shape index (κ3) is 1.18. The summed E-state index contributed by atoms with van der Waals surface area (Å²) >= 11 is 0. The van der Waals surface area contributed by atoms with Gasteiger partial charge in [-0.1, -0.05) is 0 Å². The first-order valence-corrected chi connectivity index (χ1v) is 4.18. The summed E-state index contributed by atoms with van der Waals surface area (Å²) < 4.78 is 5.63. The second-order valence-electron chi connectivity index (χ2n) is 3.42. The molecule has 2 heteroatoms. The Bertz CT molecular complexity index is 124. The highest BCUT2D eigenvalue weighted by atomic mass is 16.5. The average Bonchev–Trinajstić information content (AvgIpc) is 2.22. The van der Waals surface area contributed by atoms with Crippen molar-refractivity contribution >= 4 is 0 Å². The van der Waals surface area contributed by atoms with Gasteiger partial charge in [-0.25, -0.2) is 0 Å². The first-order valence-electron chi connectivity index (χ1n) is 4.18. The number of fused-ring (bicyclic) bond motifs is 2. The minimum absolute atomic E-state index is 0.0877. The summed E-state index contributed by atoms with van der Waals surface area (Å²) in [7, 11) is 0. The molecule has 2 heterocycles. The zero-order valence-electron chi connectivity index (χ0n) is 6.12. The SMILES string of the molecule is OC1CCC2CCC(C1)O2. The van der Waals surface area contributed by atoms with Crippen LogP contribution in [-0.4, -0.2) is 23.4 Å². The first kappa shape index (κ1) is 6.62. The second kappa shape index (κ2) is 2.51. The van der Waals surface area contributed by atoms with Crippen LogP contribution in [-0.2, 0) is 4.74 Å². The molecule has 0 aliphatic carbocycles. The molecule has 3 unspecified atom stereocenters. The minimum atomic E-state index is -0.0877. The maximum absolute atomic E-state index is 9.33. The van der Waals surface area contributed by atoms with Crippen LogP contribution >= 0.6 is 0 Å². The highest BCUT2D eigenvalue weighted by Gasteiger charge is 2.30. The predicted octanol–water partition coefficient (Wildman–Crippen LogP) is 1.08. The van der Waals surface area contributed by atoms with Crippen LogP contribution in [0.2, 0.25) is 0 Å². The number of aliphatic hydroxyl groups is 1. The lowest BCUT2D eigenvalue weighted by Crippen LogP contribution is -2.14. The van der Waals surface area contributed by atoms with E-state index in [1.54, 1.807) is 0 Å². The molecule has 0 amide bonds. The van der Waals surface area contributed by atoms with E-state index in [0.29, 0.717) is 12.2 Å². The Morgan fingerprint density at radius 1 is 1.00 bits per heavy atom. The van der Waals surface area contributed by atoms with Gasteiger partial charge in [0, 0.05) is 0 Å². The van der Waals surface area contributed by atoms with E-state index in [2.05, 4.69) is 0 Å². The number of aliphatic hydroxyl groups excluding tert-OH is 1. The fraction of sp³-hybridized carbons (Fsp3) is 1.00. The van der Waals surface area contributed by atoms with Crippen molar-refractivity contribution in [3.05, 3.63) is 0 Å². The van der Waals surface area contributed by atoms with Crippen LogP contribution < -0.4 is 0 Å². The molecule has 2 rings (SSSR count). The van der Waals surface area contributed by atoms with Gasteiger partial charge in [0.2, 0.25) is 0 Å². The molecule has 2 saturated heterocycles. The molecule has 2 aliphatic rings. The van der Waals surface area contributed by atoms with E-state index in [-0.39, 0.29) is 6.10 Å². The van der Waals surface area contributed by atoms with Crippen LogP contribution in [0.15, 0.2) is 0 Å². The fourth-order valence-corrected chi connectivity index (χ4v) is 1.97. The van der Waals surface area contributed by atoms with Gasteiger partial charge in [-0.05, 0) is 32.1 Å². The van der Waals surface area contributed by atoms with Crippen LogP contribution in [0.5, 0.6) is 0 Å². The Hall–Kier alpha value is -0.0800. The van der Waals surface area contributed by atoms with Gasteiger partial charge in [-0.15, -0.1) is 0 Å². The maximum atomic E-state index is 9.33. The smallest absolute Gasteiger partial charge is 0.0604 e. The third-order valence-corrected chi connectivity index (χ3v) is 2.55. The van der Waals surface area contributed by atoms with E-state index >= 15 is 0 Å². The normalized spacial score (nSPS) is 47.1. The fourth-order valence-electron chi connectivity index (χ4n) is 1.97. The lowest BCUT2D eigenvalue weighted by atomic mass is 9.99. The molecule has 3 atom stereocenters. The average molecular weight is 142 g/mol. The van der Waals surface area contributed by atoms with Crippen LogP contribution in [0.25, 0.3) is 0 Å². The highest BCUT2D eigenvalue weighted by Crippen LogP contribution is 2.30. The molecule has 0 aromatic carbocycles. The Balaban J connectivity index is 1.99. The van der Waals surface area contributed by atoms with Crippen LogP contribution in [0.3, 0.4) is 0 Å². The Morgan fingerprint density at radius 3 is 2.60 bits per heavy atom. The standard InChI is InChI=1S/C8H14O2/c9-6-1-2-7-3-4-8(5-6)10-7/h6-9H,1-5H2. The summed E-state index contributed by atoms with van der Waals surface area (Å²) in [4.78, 5) is 0. The largest absolute Gasteiger partial charge is 0.393 e. The Kier molecular flexibility index (Phi) is 1.66. The summed E-state index contributed by atoms with van der Waals surface area (Å²) in [6.07, 6.45) is 6.04. The highest BCUT2D eigenvalue weighted by molar-refractivity contribution is 4.80. The molecule has 1 N–H and O–H groups in total. The van der Waals surface area contributed by atoms with E-state index in [9.17, 15) is 5.11 Å². The van der Waals surface area contributed by atoms with Crippen molar-refractivity contribution in [3.63, 3.8) is 0 Å². The molecular weight excluding hydrogens is 128 g/mol. The summed E-state index contributed by atoms with van der Waals surface area (Å²) in [6, 6.07) is 0. The molecule has 0 saturated carbocycles. The van der Waals surface area contributed by atoms with Gasteiger partial charge in [-0.3, -0.25) is 0 Å². The van der Waals surface area contributed by atoms with Crippen LogP contribution in [0, 0.1) is 0 Å². The molecule has 0 spiro atoms. The zero-order chi connectivity index (χ0) is 6.97. The van der Waals surface area contributed by atoms with Crippen molar-refractivity contribution in [1.82, 2.24) is 0 Å². The van der Waals surface area contributed by atoms with Gasteiger partial charge < -0.3 is 9.84 Å². The predicted molar refractivity (Wildman–Crippen MR) is 37.8 cm³/mol. The maximum Gasteiger partial charge on any atom is 0.0604 e. The van der Waals surface area contributed by atoms with E-state index in [0.717, 1.165) is 19.3 Å². The third-order valence-electron chi connectivity index (χ3n) is 2.55. The lowest BCUT2D eigenvalue weighted by molar-refractivity contribution is 0.0398. The number of hydrogen-bond acceptors (Lipinski definition) is 2. The summed E-state index contributed by atoms with van der Waals surface area (Å²) in [5.74, 6) is 0. The van der Waals surface area contributed by atoms with Gasteiger partial charge in [0.05, 0.1) is 18.3 Å². The van der Waals surface area contributed by atoms with Gasteiger partial charge in [0.25, 0.3) is 0 Å². The molecule has 2 bridgehead atoms. The molecule has 0 aromatic heterocycles. The molecule has 0 radical (unpaired) electrons. The Labute approximate surface area is 61.2 Å². The monoisotopic (exact) mass is 142 g/mol. The molecule has 2 nitrogen and oxygen atoms in total. The van der Waals surface area contributed by atoms with Gasteiger partial charge in [0.15, 0.2) is 0 Å². The first-order chi connectivity index (χ1) is 4.84. The molecule has 58 valence electrons. The van der Waals surface area contributed by atoms with E-state index in [1.165, 1.54) is 12.8 Å². The van der Waals surface area contributed by atoms with Crippen LogP contribution in [0.1, 0.15) is 32.1 Å². The summed E-state index contributed by atoms with van der Waals surface area (Å²) in [6.45, 7) is 0. The van der Waals surface area contributed by atoms with Crippen molar-refractivity contribution in [3.8, 4) is 0 Å². The van der Waals surface area contributed by atoms with E-state index in [4.69, 9.17) is 4.74 Å². The van der Waals surface area contributed by atoms with Gasteiger partial charge in [0.1, 0.15) is 0 Å². The van der Waals surface area contributed by atoms with Crippen molar-refractivity contribution in [1.29, 1.82) is 0 Å². The lowest BCUT2D eigenvalue weighted by Gasteiger charge is -2.10. The molecule has 2 fully saturated rings. The topological polar surface area (TPSA) is 29.5 Å². The summed E-state index contributed by atoms with van der Waals surface area (Å²) in [5.41, 5.74) is 0. The van der Waals surface area contributed by atoms with Crippen molar-refractivity contribution < 1.29 is 9.84 Å². The molecular formula is C8H14O2. The van der Waals surface area contributed by atoms with E-state index in [1.807, 2.05) is 0 Å². The van der Waals surface area contributed by atoms with Gasteiger partial charge >= 0.3 is 0 Å². The van der Waals surface area contributed by atoms with Crippen molar-refractivity contribution in [2.75, 3.05) is 0 Å². The molecule has 2 aliphatic heterocycles. The zero-order valence-corrected chi connectivity index (χ0v) is 6.12. The second-order valence-corrected chi connectivity index (χ2v) is 3.42. The minimum Gasteiger partial charge on any atom is -0.393 e. The van der Waals surface area contributed by atoms with Gasteiger partial charge in [-0.2, -0.15) is 0 Å². The quantitative estimate of drug-likeness (QED) is 0.548. The van der Waals surface area contributed by atoms with Crippen molar-refractivity contribution in [2.24, 2.45) is 0 Å². The Morgan fingerprint density at radius 2 is 1.70 bits per heavy atom. The van der Waals surface area contributed by atoms with Crippen molar-refractivity contribution in [2.45, 2.75) is 50.4 Å². The summed E-state index contributed by atoms with van der Waals surface area (Å²) in [5, 5.41) is 9.33. The number of ether oxygens (including phenoxy) is 1. The van der Waals surface area contributed by atoms with Crippen LogP contribution in [0.4, 0.5) is 0 Å². The molecule has 0 aromatic rings. The number of hydrogen-bond donors (Lipinski definition) is 1. The molecule has 10 heavy (non-hydrogen) atoms.